The monoisotopic (exact) mass is 355 g/mol. The van der Waals surface area contributed by atoms with Crippen LogP contribution in [-0.2, 0) is 9.59 Å². The number of benzene rings is 1. The summed E-state index contributed by atoms with van der Waals surface area (Å²) in [6, 6.07) is 4.48. The topological polar surface area (TPSA) is 75.6 Å². The molecule has 21 heavy (non-hydrogen) atoms. The van der Waals surface area contributed by atoms with Crippen LogP contribution in [0.3, 0.4) is 0 Å². The number of aliphatic carboxylic acids is 1. The number of halogens is 1. The molecule has 1 amide bonds. The molecule has 1 aromatic rings. The van der Waals surface area contributed by atoms with E-state index >= 15 is 0 Å². The van der Waals surface area contributed by atoms with Crippen molar-refractivity contribution < 1.29 is 19.4 Å². The van der Waals surface area contributed by atoms with Crippen molar-refractivity contribution in [1.29, 1.82) is 0 Å². The summed E-state index contributed by atoms with van der Waals surface area (Å²) in [7, 11) is 1.57. The summed E-state index contributed by atoms with van der Waals surface area (Å²) in [6.07, 6.45) is 2.92. The Morgan fingerprint density at radius 3 is 2.52 bits per heavy atom. The van der Waals surface area contributed by atoms with Crippen LogP contribution in [0.25, 0.3) is 6.08 Å². The van der Waals surface area contributed by atoms with Crippen LogP contribution in [0.4, 0.5) is 0 Å². The van der Waals surface area contributed by atoms with Crippen LogP contribution in [-0.4, -0.2) is 30.1 Å². The first-order valence-corrected chi connectivity index (χ1v) is 7.19. The lowest BCUT2D eigenvalue weighted by Crippen LogP contribution is -2.43. The first kappa shape index (κ1) is 17.2. The van der Waals surface area contributed by atoms with Crippen LogP contribution in [0.15, 0.2) is 28.7 Å². The fourth-order valence-electron chi connectivity index (χ4n) is 1.67. The van der Waals surface area contributed by atoms with E-state index in [2.05, 4.69) is 21.2 Å². The van der Waals surface area contributed by atoms with Crippen LogP contribution in [0, 0.1) is 5.92 Å². The molecule has 0 spiro atoms. The molecule has 1 atom stereocenters. The van der Waals surface area contributed by atoms with Gasteiger partial charge >= 0.3 is 5.97 Å². The van der Waals surface area contributed by atoms with E-state index in [0.29, 0.717) is 5.75 Å². The third kappa shape index (κ3) is 5.23. The largest absolute Gasteiger partial charge is 0.496 e. The zero-order valence-corrected chi connectivity index (χ0v) is 13.7. The molecule has 0 radical (unpaired) electrons. The maximum absolute atomic E-state index is 11.7. The number of carboxylic acid groups (broad SMARTS) is 1. The van der Waals surface area contributed by atoms with Gasteiger partial charge in [0.05, 0.1) is 11.6 Å². The molecule has 0 saturated heterocycles. The molecule has 0 bridgehead atoms. The summed E-state index contributed by atoms with van der Waals surface area (Å²) in [5.74, 6) is -0.973. The Hall–Kier alpha value is -1.82. The minimum atomic E-state index is -1.04. The van der Waals surface area contributed by atoms with E-state index < -0.39 is 17.9 Å². The number of carbonyl (C=O) groups is 2. The van der Waals surface area contributed by atoms with E-state index in [1.807, 2.05) is 0 Å². The standard InChI is InChI=1S/C15H18BrNO4/c1-9(2)14(15(19)20)17-13(18)7-5-10-4-6-12(21-3)11(16)8-10/h4-9,14H,1-3H3,(H,17,18)(H,19,20)/b7-5+. The fourth-order valence-corrected chi connectivity index (χ4v) is 2.23. The third-order valence-electron chi connectivity index (χ3n) is 2.83. The molecule has 114 valence electrons. The van der Waals surface area contributed by atoms with Crippen molar-refractivity contribution in [3.8, 4) is 5.75 Å². The van der Waals surface area contributed by atoms with Crippen molar-refractivity contribution in [3.05, 3.63) is 34.3 Å². The minimum Gasteiger partial charge on any atom is -0.496 e. The highest BCUT2D eigenvalue weighted by molar-refractivity contribution is 9.10. The number of rotatable bonds is 6. The zero-order chi connectivity index (χ0) is 16.0. The molecule has 2 N–H and O–H groups in total. The van der Waals surface area contributed by atoms with Crippen molar-refractivity contribution >= 4 is 33.9 Å². The first-order chi connectivity index (χ1) is 9.85. The van der Waals surface area contributed by atoms with Crippen molar-refractivity contribution in [3.63, 3.8) is 0 Å². The molecule has 6 heteroatoms. The second-order valence-electron chi connectivity index (χ2n) is 4.80. The molecule has 0 saturated carbocycles. The number of nitrogens with one attached hydrogen (secondary N) is 1. The number of carbonyl (C=O) groups excluding carboxylic acids is 1. The average Bonchev–Trinajstić information content (AvgIpc) is 2.42. The van der Waals surface area contributed by atoms with E-state index in [1.165, 1.54) is 6.08 Å². The molecule has 0 fully saturated rings. The van der Waals surface area contributed by atoms with E-state index in [0.717, 1.165) is 10.0 Å². The Morgan fingerprint density at radius 2 is 2.05 bits per heavy atom. The van der Waals surface area contributed by atoms with Gasteiger partial charge in [-0.05, 0) is 45.6 Å². The molecular weight excluding hydrogens is 338 g/mol. The van der Waals surface area contributed by atoms with E-state index in [9.17, 15) is 9.59 Å². The lowest BCUT2D eigenvalue weighted by Gasteiger charge is -2.16. The Balaban J connectivity index is 2.74. The van der Waals surface area contributed by atoms with E-state index in [1.54, 1.807) is 45.2 Å². The van der Waals surface area contributed by atoms with Crippen LogP contribution in [0.2, 0.25) is 0 Å². The van der Waals surface area contributed by atoms with Gasteiger partial charge < -0.3 is 15.2 Å². The first-order valence-electron chi connectivity index (χ1n) is 6.40. The Morgan fingerprint density at radius 1 is 1.38 bits per heavy atom. The summed E-state index contributed by atoms with van der Waals surface area (Å²) in [4.78, 5) is 22.8. The number of carboxylic acids is 1. The number of methoxy groups -OCH3 is 1. The van der Waals surface area contributed by atoms with Crippen molar-refractivity contribution in [1.82, 2.24) is 5.32 Å². The quantitative estimate of drug-likeness (QED) is 0.769. The Labute approximate surface area is 132 Å². The average molecular weight is 356 g/mol. The Kier molecular flexibility index (Phi) is 6.42. The normalized spacial score (nSPS) is 12.4. The van der Waals surface area contributed by atoms with E-state index in [4.69, 9.17) is 9.84 Å². The van der Waals surface area contributed by atoms with Gasteiger partial charge in [0.15, 0.2) is 0 Å². The Bertz CT molecular complexity index is 555. The summed E-state index contributed by atoms with van der Waals surface area (Å²) < 4.78 is 5.89. The van der Waals surface area contributed by atoms with Gasteiger partial charge in [0.1, 0.15) is 11.8 Å². The van der Waals surface area contributed by atoms with Gasteiger partial charge in [-0.15, -0.1) is 0 Å². The minimum absolute atomic E-state index is 0.185. The molecule has 1 rings (SSSR count). The molecule has 0 aliphatic heterocycles. The maximum Gasteiger partial charge on any atom is 0.326 e. The van der Waals surface area contributed by atoms with Gasteiger partial charge in [-0.2, -0.15) is 0 Å². The molecule has 1 unspecified atom stereocenters. The summed E-state index contributed by atoms with van der Waals surface area (Å²) >= 11 is 3.36. The summed E-state index contributed by atoms with van der Waals surface area (Å²) in [5.41, 5.74) is 0.800. The molecular formula is C15H18BrNO4. The smallest absolute Gasteiger partial charge is 0.326 e. The fraction of sp³-hybridized carbons (Fsp3) is 0.333. The van der Waals surface area contributed by atoms with Gasteiger partial charge in [-0.25, -0.2) is 4.79 Å². The van der Waals surface area contributed by atoms with Gasteiger partial charge in [-0.1, -0.05) is 19.9 Å². The van der Waals surface area contributed by atoms with Crippen molar-refractivity contribution in [2.75, 3.05) is 7.11 Å². The van der Waals surface area contributed by atoms with Crippen molar-refractivity contribution in [2.45, 2.75) is 19.9 Å². The molecule has 0 aromatic heterocycles. The van der Waals surface area contributed by atoms with Gasteiger partial charge in [0.25, 0.3) is 0 Å². The zero-order valence-electron chi connectivity index (χ0n) is 12.1. The highest BCUT2D eigenvalue weighted by Crippen LogP contribution is 2.25. The molecule has 0 heterocycles. The van der Waals surface area contributed by atoms with Crippen LogP contribution in [0.1, 0.15) is 19.4 Å². The molecule has 5 nitrogen and oxygen atoms in total. The molecule has 0 aliphatic carbocycles. The van der Waals surface area contributed by atoms with Gasteiger partial charge in [-0.3, -0.25) is 4.79 Å². The maximum atomic E-state index is 11.7. The predicted octanol–water partition coefficient (Wildman–Crippen LogP) is 2.70. The highest BCUT2D eigenvalue weighted by Gasteiger charge is 2.22. The van der Waals surface area contributed by atoms with E-state index in [-0.39, 0.29) is 5.92 Å². The lowest BCUT2D eigenvalue weighted by atomic mass is 10.0. The third-order valence-corrected chi connectivity index (χ3v) is 3.45. The number of amides is 1. The van der Waals surface area contributed by atoms with Crippen molar-refractivity contribution in [2.24, 2.45) is 5.92 Å². The number of ether oxygens (including phenoxy) is 1. The van der Waals surface area contributed by atoms with Gasteiger partial charge in [0.2, 0.25) is 5.91 Å². The van der Waals surface area contributed by atoms with Gasteiger partial charge in [0, 0.05) is 6.08 Å². The predicted molar refractivity (Wildman–Crippen MR) is 84.1 cm³/mol. The lowest BCUT2D eigenvalue weighted by molar-refractivity contribution is -0.142. The molecule has 0 aliphatic rings. The molecule has 1 aromatic carbocycles. The second kappa shape index (κ2) is 7.83. The number of hydrogen-bond donors (Lipinski definition) is 2. The second-order valence-corrected chi connectivity index (χ2v) is 5.65. The van der Waals surface area contributed by atoms with Crippen LogP contribution in [0.5, 0.6) is 5.75 Å². The summed E-state index contributed by atoms with van der Waals surface area (Å²) in [6.45, 7) is 3.48. The summed E-state index contributed by atoms with van der Waals surface area (Å²) in [5, 5.41) is 11.5. The van der Waals surface area contributed by atoms with Crippen LogP contribution < -0.4 is 10.1 Å². The number of hydrogen-bond acceptors (Lipinski definition) is 3. The highest BCUT2D eigenvalue weighted by atomic mass is 79.9. The van der Waals surface area contributed by atoms with Crippen LogP contribution >= 0.6 is 15.9 Å². The SMILES string of the molecule is COc1ccc(/C=C/C(=O)NC(C(=O)O)C(C)C)cc1Br.